The Bertz CT molecular complexity index is 1400. The maximum atomic E-state index is 13.2. The molecule has 0 atom stereocenters. The molecule has 0 aliphatic carbocycles. The first kappa shape index (κ1) is 20.8. The van der Waals surface area contributed by atoms with E-state index >= 15 is 0 Å². The molecule has 10 heteroatoms. The third-order valence-corrected chi connectivity index (χ3v) is 7.17. The van der Waals surface area contributed by atoms with Crippen LogP contribution in [0.4, 0.5) is 11.7 Å². The number of para-hydroxylation sites is 1. The first-order chi connectivity index (χ1) is 16.0. The number of aromatic nitrogens is 3. The number of rotatable bonds is 5. The Hall–Kier alpha value is -4.05. The van der Waals surface area contributed by atoms with Crippen LogP contribution in [-0.4, -0.2) is 36.1 Å². The molecule has 1 aliphatic rings. The maximum Gasteiger partial charge on any atom is 0.322 e. The van der Waals surface area contributed by atoms with Gasteiger partial charge in [-0.25, -0.2) is 8.42 Å². The van der Waals surface area contributed by atoms with Gasteiger partial charge < -0.3 is 4.42 Å². The molecular formula is C23H19N5O4S. The number of carbonyl (C=O) groups is 1. The molecule has 1 N–H and O–H groups in total. The fourth-order valence-electron chi connectivity index (χ4n) is 3.71. The number of amides is 1. The van der Waals surface area contributed by atoms with Crippen molar-refractivity contribution >= 4 is 27.6 Å². The van der Waals surface area contributed by atoms with E-state index in [1.165, 1.54) is 28.6 Å². The summed E-state index contributed by atoms with van der Waals surface area (Å²) in [6.45, 7) is 0.415. The predicted octanol–water partition coefficient (Wildman–Crippen LogP) is 3.53. The van der Waals surface area contributed by atoms with Gasteiger partial charge in [0.2, 0.25) is 5.89 Å². The number of sulfonamides is 1. The van der Waals surface area contributed by atoms with E-state index in [0.29, 0.717) is 17.8 Å². The van der Waals surface area contributed by atoms with Crippen molar-refractivity contribution < 1.29 is 17.6 Å². The molecule has 0 unspecified atom stereocenters. The normalized spacial score (nSPS) is 13.4. The molecular weight excluding hydrogens is 442 g/mol. The quantitative estimate of drug-likeness (QED) is 0.483. The minimum absolute atomic E-state index is 0.0616. The number of pyridine rings is 1. The molecule has 2 aromatic heterocycles. The van der Waals surface area contributed by atoms with Crippen molar-refractivity contribution in [1.29, 1.82) is 0 Å². The molecule has 1 amide bonds. The van der Waals surface area contributed by atoms with Crippen molar-refractivity contribution in [1.82, 2.24) is 15.2 Å². The van der Waals surface area contributed by atoms with Crippen LogP contribution in [0.1, 0.15) is 22.3 Å². The number of carbonyl (C=O) groups excluding carboxylic acids is 1. The minimum atomic E-state index is -3.75. The summed E-state index contributed by atoms with van der Waals surface area (Å²) in [7, 11) is -3.75. The molecule has 0 saturated carbocycles. The molecule has 9 nitrogen and oxygen atoms in total. The van der Waals surface area contributed by atoms with E-state index in [0.717, 1.165) is 18.4 Å². The van der Waals surface area contributed by atoms with Crippen LogP contribution < -0.4 is 9.62 Å². The largest absolute Gasteiger partial charge is 0.403 e. The van der Waals surface area contributed by atoms with E-state index in [2.05, 4.69) is 20.5 Å². The Kier molecular flexibility index (Phi) is 5.35. The van der Waals surface area contributed by atoms with Crippen LogP contribution in [0.3, 0.4) is 0 Å². The standard InChI is InChI=1S/C23H19N5O4S/c29-21(25-23-27-26-22(32-23)18-11-13-24-14-12-18)17-7-9-19(10-8-17)33(30,31)28-15-3-5-16-4-1-2-6-20(16)28/h1-2,4,6-14H,3,5,15H2,(H,25,27,29). The molecule has 0 radical (unpaired) electrons. The zero-order chi connectivity index (χ0) is 22.8. The van der Waals surface area contributed by atoms with Gasteiger partial charge in [0, 0.05) is 30.1 Å². The van der Waals surface area contributed by atoms with E-state index in [1.54, 1.807) is 24.5 Å². The van der Waals surface area contributed by atoms with Crippen LogP contribution in [-0.2, 0) is 16.4 Å². The number of nitrogens with one attached hydrogen (secondary N) is 1. The van der Waals surface area contributed by atoms with Crippen molar-refractivity contribution in [3.63, 3.8) is 0 Å². The molecule has 4 aromatic rings. The van der Waals surface area contributed by atoms with E-state index in [9.17, 15) is 13.2 Å². The lowest BCUT2D eigenvalue weighted by molar-refractivity contribution is 0.102. The lowest BCUT2D eigenvalue weighted by atomic mass is 10.0. The molecule has 1 aliphatic heterocycles. The first-order valence-electron chi connectivity index (χ1n) is 10.3. The highest BCUT2D eigenvalue weighted by Crippen LogP contribution is 2.31. The minimum Gasteiger partial charge on any atom is -0.403 e. The molecule has 0 spiro atoms. The average Bonchev–Trinajstić information content (AvgIpc) is 3.33. The first-order valence-corrected chi connectivity index (χ1v) is 11.7. The fraction of sp³-hybridized carbons (Fsp3) is 0.130. The van der Waals surface area contributed by atoms with Gasteiger partial charge in [-0.1, -0.05) is 23.3 Å². The average molecular weight is 462 g/mol. The van der Waals surface area contributed by atoms with Crippen LogP contribution in [0, 0.1) is 0 Å². The van der Waals surface area contributed by atoms with Crippen molar-refractivity contribution in [3.8, 4) is 11.5 Å². The van der Waals surface area contributed by atoms with Crippen molar-refractivity contribution in [2.24, 2.45) is 0 Å². The van der Waals surface area contributed by atoms with Crippen LogP contribution >= 0.6 is 0 Å². The van der Waals surface area contributed by atoms with Gasteiger partial charge in [-0.15, -0.1) is 5.10 Å². The Morgan fingerprint density at radius 3 is 2.52 bits per heavy atom. The number of anilines is 2. The summed E-state index contributed by atoms with van der Waals surface area (Å²) in [5.74, 6) is -0.247. The van der Waals surface area contributed by atoms with E-state index in [4.69, 9.17) is 4.42 Å². The molecule has 33 heavy (non-hydrogen) atoms. The Morgan fingerprint density at radius 2 is 1.73 bits per heavy atom. The number of hydrogen-bond donors (Lipinski definition) is 1. The molecule has 5 rings (SSSR count). The Balaban J connectivity index is 1.33. The highest BCUT2D eigenvalue weighted by atomic mass is 32.2. The fourth-order valence-corrected chi connectivity index (χ4v) is 5.25. The van der Waals surface area contributed by atoms with Gasteiger partial charge >= 0.3 is 6.01 Å². The monoisotopic (exact) mass is 461 g/mol. The Morgan fingerprint density at radius 1 is 0.970 bits per heavy atom. The summed E-state index contributed by atoms with van der Waals surface area (Å²) in [5.41, 5.74) is 2.64. The lowest BCUT2D eigenvalue weighted by Gasteiger charge is -2.30. The van der Waals surface area contributed by atoms with Crippen LogP contribution in [0.5, 0.6) is 0 Å². The second-order valence-corrected chi connectivity index (χ2v) is 9.30. The summed E-state index contributed by atoms with van der Waals surface area (Å²) in [5, 5.41) is 10.3. The van der Waals surface area contributed by atoms with Crippen molar-refractivity contribution in [2.45, 2.75) is 17.7 Å². The smallest absolute Gasteiger partial charge is 0.322 e. The topological polar surface area (TPSA) is 118 Å². The van der Waals surface area contributed by atoms with Gasteiger partial charge in [0.1, 0.15) is 0 Å². The van der Waals surface area contributed by atoms with Crippen LogP contribution in [0.2, 0.25) is 0 Å². The van der Waals surface area contributed by atoms with E-state index in [1.807, 2.05) is 24.3 Å². The third kappa shape index (κ3) is 4.08. The summed E-state index contributed by atoms with van der Waals surface area (Å²) in [6.07, 6.45) is 4.79. The van der Waals surface area contributed by atoms with Crippen LogP contribution in [0.15, 0.2) is 82.4 Å². The molecule has 0 fully saturated rings. The molecule has 2 aromatic carbocycles. The summed E-state index contributed by atoms with van der Waals surface area (Å²) >= 11 is 0. The maximum absolute atomic E-state index is 13.2. The number of hydrogen-bond acceptors (Lipinski definition) is 7. The zero-order valence-electron chi connectivity index (χ0n) is 17.4. The predicted molar refractivity (Wildman–Crippen MR) is 121 cm³/mol. The van der Waals surface area contributed by atoms with Gasteiger partial charge in [0.15, 0.2) is 0 Å². The summed E-state index contributed by atoms with van der Waals surface area (Å²) in [4.78, 5) is 16.6. The summed E-state index contributed by atoms with van der Waals surface area (Å²) in [6, 6.07) is 16.6. The number of aryl methyl sites for hydroxylation is 1. The second kappa shape index (κ2) is 8.47. The van der Waals surface area contributed by atoms with Gasteiger partial charge in [0.25, 0.3) is 15.9 Å². The zero-order valence-corrected chi connectivity index (χ0v) is 18.2. The van der Waals surface area contributed by atoms with Crippen molar-refractivity contribution in [3.05, 3.63) is 84.2 Å². The molecule has 0 saturated heterocycles. The summed E-state index contributed by atoms with van der Waals surface area (Å²) < 4.78 is 33.4. The second-order valence-electron chi connectivity index (χ2n) is 7.44. The Labute approximate surface area is 190 Å². The van der Waals surface area contributed by atoms with Gasteiger partial charge in [-0.05, 0) is 60.9 Å². The highest BCUT2D eigenvalue weighted by molar-refractivity contribution is 7.92. The molecule has 166 valence electrons. The van der Waals surface area contributed by atoms with Gasteiger partial charge in [0.05, 0.1) is 10.6 Å². The number of nitrogens with zero attached hydrogens (tertiary/aromatic N) is 4. The molecule has 3 heterocycles. The van der Waals surface area contributed by atoms with Crippen LogP contribution in [0.25, 0.3) is 11.5 Å². The lowest BCUT2D eigenvalue weighted by Crippen LogP contribution is -2.35. The number of fused-ring (bicyclic) bond motifs is 1. The van der Waals surface area contributed by atoms with E-state index < -0.39 is 15.9 Å². The van der Waals surface area contributed by atoms with Crippen molar-refractivity contribution in [2.75, 3.05) is 16.2 Å². The highest BCUT2D eigenvalue weighted by Gasteiger charge is 2.29. The van der Waals surface area contributed by atoms with E-state index in [-0.39, 0.29) is 22.4 Å². The third-order valence-electron chi connectivity index (χ3n) is 5.34. The van der Waals surface area contributed by atoms with Gasteiger partial charge in [-0.3, -0.25) is 19.4 Å². The molecule has 0 bridgehead atoms. The van der Waals surface area contributed by atoms with Gasteiger partial charge in [-0.2, -0.15) is 0 Å². The number of benzene rings is 2. The SMILES string of the molecule is O=C(Nc1nnc(-c2ccncc2)o1)c1ccc(S(=O)(=O)N2CCCc3ccccc32)cc1.